The highest BCUT2D eigenvalue weighted by Gasteiger charge is 2.23. The van der Waals surface area contributed by atoms with E-state index >= 15 is 0 Å². The lowest BCUT2D eigenvalue weighted by Gasteiger charge is -2.33. The monoisotopic (exact) mass is 274 g/mol. The predicted octanol–water partition coefficient (Wildman–Crippen LogP) is 3.91. The van der Waals surface area contributed by atoms with Crippen LogP contribution in [-0.4, -0.2) is 19.0 Å². The normalized spacial score (nSPS) is 17.1. The van der Waals surface area contributed by atoms with Gasteiger partial charge in [0.05, 0.1) is 11.4 Å². The minimum absolute atomic E-state index is 0.0651. The molecule has 0 atom stereocenters. The molecular formula is C17H26N2O. The Balaban J connectivity index is 2.16. The van der Waals surface area contributed by atoms with Crippen molar-refractivity contribution in [2.45, 2.75) is 40.5 Å². The van der Waals surface area contributed by atoms with Gasteiger partial charge in [-0.25, -0.2) is 0 Å². The average molecular weight is 274 g/mol. The van der Waals surface area contributed by atoms with Crippen LogP contribution in [-0.2, 0) is 4.79 Å². The minimum atomic E-state index is -0.372. The van der Waals surface area contributed by atoms with Crippen molar-refractivity contribution >= 4 is 17.3 Å². The summed E-state index contributed by atoms with van der Waals surface area (Å²) in [6.07, 6.45) is 2.45. The van der Waals surface area contributed by atoms with E-state index in [1.165, 1.54) is 12.8 Å². The van der Waals surface area contributed by atoms with Crippen molar-refractivity contribution in [2.24, 2.45) is 11.3 Å². The van der Waals surface area contributed by atoms with E-state index < -0.39 is 0 Å². The number of nitrogens with one attached hydrogen (secondary N) is 1. The second-order valence-corrected chi connectivity index (χ2v) is 6.89. The summed E-state index contributed by atoms with van der Waals surface area (Å²) in [5.41, 5.74) is 1.71. The van der Waals surface area contributed by atoms with Crippen LogP contribution in [0.4, 0.5) is 11.4 Å². The molecule has 0 saturated carbocycles. The van der Waals surface area contributed by atoms with E-state index in [4.69, 9.17) is 0 Å². The molecule has 110 valence electrons. The van der Waals surface area contributed by atoms with Gasteiger partial charge >= 0.3 is 0 Å². The van der Waals surface area contributed by atoms with Crippen LogP contribution in [0.1, 0.15) is 40.5 Å². The van der Waals surface area contributed by atoms with Crippen LogP contribution in [0.2, 0.25) is 0 Å². The van der Waals surface area contributed by atoms with Gasteiger partial charge in [0.25, 0.3) is 0 Å². The topological polar surface area (TPSA) is 32.3 Å². The standard InChI is InChI=1S/C17H26N2O/c1-13-9-11-19(12-10-13)15-8-6-5-7-14(15)18-16(20)17(2,3)4/h5-8,13H,9-12H2,1-4H3,(H,18,20). The highest BCUT2D eigenvalue weighted by molar-refractivity contribution is 5.97. The smallest absolute Gasteiger partial charge is 0.229 e. The predicted molar refractivity (Wildman–Crippen MR) is 85.1 cm³/mol. The zero-order chi connectivity index (χ0) is 14.8. The molecule has 1 aromatic rings. The Morgan fingerprint density at radius 1 is 1.20 bits per heavy atom. The van der Waals surface area contributed by atoms with Gasteiger partial charge in [0, 0.05) is 18.5 Å². The molecule has 1 aliphatic heterocycles. The first-order chi connectivity index (χ1) is 9.38. The number of rotatable bonds is 2. The van der Waals surface area contributed by atoms with Gasteiger partial charge in [-0.2, -0.15) is 0 Å². The van der Waals surface area contributed by atoms with Crippen molar-refractivity contribution in [1.29, 1.82) is 0 Å². The summed E-state index contributed by atoms with van der Waals surface area (Å²) in [6.45, 7) is 10.3. The zero-order valence-electron chi connectivity index (χ0n) is 13.1. The molecule has 1 aliphatic rings. The van der Waals surface area contributed by atoms with E-state index in [0.29, 0.717) is 0 Å². The van der Waals surface area contributed by atoms with Gasteiger partial charge in [0.15, 0.2) is 0 Å². The molecule has 0 aliphatic carbocycles. The number of carbonyl (C=O) groups is 1. The third kappa shape index (κ3) is 3.53. The van der Waals surface area contributed by atoms with Crippen molar-refractivity contribution in [1.82, 2.24) is 0 Å². The number of para-hydroxylation sites is 2. The maximum Gasteiger partial charge on any atom is 0.229 e. The summed E-state index contributed by atoms with van der Waals surface area (Å²) in [4.78, 5) is 14.6. The molecular weight excluding hydrogens is 248 g/mol. The average Bonchev–Trinajstić information content (AvgIpc) is 2.39. The van der Waals surface area contributed by atoms with Crippen molar-refractivity contribution < 1.29 is 4.79 Å². The number of amides is 1. The second kappa shape index (κ2) is 5.86. The Hall–Kier alpha value is -1.51. The third-order valence-corrected chi connectivity index (χ3v) is 3.96. The first-order valence-corrected chi connectivity index (χ1v) is 7.53. The van der Waals surface area contributed by atoms with E-state index in [1.807, 2.05) is 39.0 Å². The van der Waals surface area contributed by atoms with Crippen molar-refractivity contribution in [3.05, 3.63) is 24.3 Å². The molecule has 3 heteroatoms. The van der Waals surface area contributed by atoms with Crippen LogP contribution >= 0.6 is 0 Å². The van der Waals surface area contributed by atoms with Gasteiger partial charge in [-0.15, -0.1) is 0 Å². The number of carbonyl (C=O) groups excluding carboxylic acids is 1. The lowest BCUT2D eigenvalue weighted by atomic mass is 9.95. The van der Waals surface area contributed by atoms with Crippen molar-refractivity contribution in [3.8, 4) is 0 Å². The Morgan fingerprint density at radius 2 is 1.80 bits per heavy atom. The lowest BCUT2D eigenvalue weighted by Crippen LogP contribution is -2.34. The number of anilines is 2. The second-order valence-electron chi connectivity index (χ2n) is 6.89. The lowest BCUT2D eigenvalue weighted by molar-refractivity contribution is -0.123. The van der Waals surface area contributed by atoms with Crippen molar-refractivity contribution in [2.75, 3.05) is 23.3 Å². The maximum absolute atomic E-state index is 12.2. The number of hydrogen-bond acceptors (Lipinski definition) is 2. The molecule has 20 heavy (non-hydrogen) atoms. The van der Waals surface area contributed by atoms with Gasteiger partial charge in [-0.1, -0.05) is 39.8 Å². The summed E-state index contributed by atoms with van der Waals surface area (Å²) in [5, 5.41) is 3.08. The quantitative estimate of drug-likeness (QED) is 0.887. The molecule has 0 unspecified atom stereocenters. The molecule has 1 aromatic carbocycles. The number of nitrogens with zero attached hydrogens (tertiary/aromatic N) is 1. The first kappa shape index (κ1) is 14.9. The SMILES string of the molecule is CC1CCN(c2ccccc2NC(=O)C(C)(C)C)CC1. The van der Waals surface area contributed by atoms with Gasteiger partial charge < -0.3 is 10.2 Å². The fourth-order valence-corrected chi connectivity index (χ4v) is 2.41. The van der Waals surface area contributed by atoms with Crippen LogP contribution in [0, 0.1) is 11.3 Å². The summed E-state index contributed by atoms with van der Waals surface area (Å²) in [6, 6.07) is 8.12. The van der Waals surface area contributed by atoms with Gasteiger partial charge in [0.1, 0.15) is 0 Å². The van der Waals surface area contributed by atoms with Gasteiger partial charge in [-0.05, 0) is 30.9 Å². The summed E-state index contributed by atoms with van der Waals surface area (Å²) < 4.78 is 0. The highest BCUT2D eigenvalue weighted by Crippen LogP contribution is 2.30. The largest absolute Gasteiger partial charge is 0.370 e. The summed E-state index contributed by atoms with van der Waals surface area (Å²) >= 11 is 0. The molecule has 0 bridgehead atoms. The molecule has 1 heterocycles. The van der Waals surface area contributed by atoms with E-state index in [0.717, 1.165) is 30.4 Å². The minimum Gasteiger partial charge on any atom is -0.370 e. The van der Waals surface area contributed by atoms with Crippen LogP contribution in [0.3, 0.4) is 0 Å². The van der Waals surface area contributed by atoms with E-state index in [1.54, 1.807) is 0 Å². The molecule has 3 nitrogen and oxygen atoms in total. The Morgan fingerprint density at radius 3 is 2.40 bits per heavy atom. The van der Waals surface area contributed by atoms with Gasteiger partial charge in [-0.3, -0.25) is 4.79 Å². The zero-order valence-corrected chi connectivity index (χ0v) is 13.1. The number of benzene rings is 1. The van der Waals surface area contributed by atoms with E-state index in [9.17, 15) is 4.79 Å². The fourth-order valence-electron chi connectivity index (χ4n) is 2.41. The molecule has 2 rings (SSSR count). The van der Waals surface area contributed by atoms with E-state index in [-0.39, 0.29) is 11.3 Å². The molecule has 0 spiro atoms. The molecule has 1 amide bonds. The highest BCUT2D eigenvalue weighted by atomic mass is 16.2. The van der Waals surface area contributed by atoms with E-state index in [2.05, 4.69) is 23.2 Å². The first-order valence-electron chi connectivity index (χ1n) is 7.53. The summed E-state index contributed by atoms with van der Waals surface area (Å²) in [5.74, 6) is 0.873. The third-order valence-electron chi connectivity index (χ3n) is 3.96. The maximum atomic E-state index is 12.2. The molecule has 0 radical (unpaired) electrons. The van der Waals surface area contributed by atoms with Gasteiger partial charge in [0.2, 0.25) is 5.91 Å². The molecule has 1 fully saturated rings. The van der Waals surface area contributed by atoms with Crippen molar-refractivity contribution in [3.63, 3.8) is 0 Å². The van der Waals surface area contributed by atoms with Crippen LogP contribution < -0.4 is 10.2 Å². The fraction of sp³-hybridized carbons (Fsp3) is 0.588. The molecule has 1 saturated heterocycles. The Kier molecular flexibility index (Phi) is 4.36. The summed E-state index contributed by atoms with van der Waals surface area (Å²) in [7, 11) is 0. The number of piperidine rings is 1. The van der Waals surface area contributed by atoms with Crippen LogP contribution in [0.5, 0.6) is 0 Å². The molecule has 0 aromatic heterocycles. The number of hydrogen-bond donors (Lipinski definition) is 1. The Labute approximate surface area is 122 Å². The Bertz CT molecular complexity index is 468. The van der Waals surface area contributed by atoms with Crippen LogP contribution in [0.15, 0.2) is 24.3 Å². The molecule has 1 N–H and O–H groups in total. The van der Waals surface area contributed by atoms with Crippen LogP contribution in [0.25, 0.3) is 0 Å².